The predicted molar refractivity (Wildman–Crippen MR) is 74.7 cm³/mol. The topological polar surface area (TPSA) is 78.4 Å². The van der Waals surface area contributed by atoms with Crippen molar-refractivity contribution in [3.63, 3.8) is 0 Å². The number of carbonyl (C=O) groups is 2. The number of terminal acetylenes is 1. The van der Waals surface area contributed by atoms with Crippen LogP contribution in [0.3, 0.4) is 0 Å². The van der Waals surface area contributed by atoms with Crippen molar-refractivity contribution in [1.82, 2.24) is 10.6 Å². The summed E-state index contributed by atoms with van der Waals surface area (Å²) in [5.74, 6) is 1.55. The number of carboxylic acid groups (broad SMARTS) is 1. The van der Waals surface area contributed by atoms with E-state index in [9.17, 15) is 9.59 Å². The molecule has 0 rings (SSSR count). The first-order valence-corrected chi connectivity index (χ1v) is 6.75. The lowest BCUT2D eigenvalue weighted by molar-refractivity contribution is -0.139. The zero-order chi connectivity index (χ0) is 14.7. The molecule has 0 fully saturated rings. The van der Waals surface area contributed by atoms with Gasteiger partial charge in [-0.2, -0.15) is 0 Å². The molecule has 0 aliphatic carbocycles. The Morgan fingerprint density at radius 1 is 1.37 bits per heavy atom. The Balaban J connectivity index is 4.08. The second-order valence-electron chi connectivity index (χ2n) is 4.57. The van der Waals surface area contributed by atoms with E-state index in [1.54, 1.807) is 0 Å². The van der Waals surface area contributed by atoms with Crippen molar-refractivity contribution in [2.45, 2.75) is 52.0 Å². The largest absolute Gasteiger partial charge is 0.480 e. The minimum absolute atomic E-state index is 0.0181. The number of unbranched alkanes of at least 4 members (excludes halogenated alkanes) is 1. The van der Waals surface area contributed by atoms with E-state index >= 15 is 0 Å². The van der Waals surface area contributed by atoms with E-state index in [0.29, 0.717) is 12.5 Å². The second-order valence-corrected chi connectivity index (χ2v) is 4.57. The summed E-state index contributed by atoms with van der Waals surface area (Å²) < 4.78 is 0. The molecule has 0 heterocycles. The molecule has 2 atom stereocenters. The summed E-state index contributed by atoms with van der Waals surface area (Å²) in [5, 5.41) is 13.9. The molecular weight excluding hydrogens is 244 g/mol. The van der Waals surface area contributed by atoms with E-state index in [1.165, 1.54) is 0 Å². The monoisotopic (exact) mass is 268 g/mol. The lowest BCUT2D eigenvalue weighted by Gasteiger charge is -2.17. The highest BCUT2D eigenvalue weighted by Crippen LogP contribution is 2.10. The molecule has 2 amide bonds. The number of carbonyl (C=O) groups excluding carboxylic acids is 1. The van der Waals surface area contributed by atoms with Crippen molar-refractivity contribution in [2.24, 2.45) is 5.92 Å². The van der Waals surface area contributed by atoms with E-state index in [-0.39, 0.29) is 6.42 Å². The van der Waals surface area contributed by atoms with E-state index in [2.05, 4.69) is 30.4 Å². The lowest BCUT2D eigenvalue weighted by atomic mass is 9.99. The highest BCUT2D eigenvalue weighted by Gasteiger charge is 2.18. The Kier molecular flexibility index (Phi) is 9.33. The molecular formula is C14H24N2O3. The van der Waals surface area contributed by atoms with Crippen LogP contribution in [0, 0.1) is 18.3 Å². The molecule has 3 N–H and O–H groups in total. The summed E-state index contributed by atoms with van der Waals surface area (Å²) in [6.45, 7) is 4.77. The summed E-state index contributed by atoms with van der Waals surface area (Å²) in [6, 6.07) is -1.50. The third kappa shape index (κ3) is 8.09. The summed E-state index contributed by atoms with van der Waals surface area (Å²) in [5.41, 5.74) is 0. The van der Waals surface area contributed by atoms with Crippen LogP contribution in [0.5, 0.6) is 0 Å². The number of hydrogen-bond acceptors (Lipinski definition) is 2. The molecule has 0 aliphatic heterocycles. The van der Waals surface area contributed by atoms with Crippen molar-refractivity contribution >= 4 is 12.0 Å². The molecule has 0 spiro atoms. The van der Waals surface area contributed by atoms with Gasteiger partial charge in [-0.05, 0) is 12.3 Å². The van der Waals surface area contributed by atoms with Crippen LogP contribution in [0.15, 0.2) is 0 Å². The van der Waals surface area contributed by atoms with Gasteiger partial charge in [0.25, 0.3) is 0 Å². The summed E-state index contributed by atoms with van der Waals surface area (Å²) >= 11 is 0. The Hall–Kier alpha value is -1.70. The maximum atomic E-state index is 11.6. The molecule has 5 nitrogen and oxygen atoms in total. The van der Waals surface area contributed by atoms with Crippen LogP contribution < -0.4 is 10.6 Å². The Bertz CT molecular complexity index is 323. The standard InChI is InChI=1S/C14H24N2O3/c1-4-7-9-11(6-3)10-15-14(19)16-12(8-5-2)13(17)18/h2,11-12H,4,6-10H2,1,3H3,(H,17,18)(H2,15,16,19). The highest BCUT2D eigenvalue weighted by molar-refractivity contribution is 5.82. The quantitative estimate of drug-likeness (QED) is 0.559. The van der Waals surface area contributed by atoms with Gasteiger partial charge in [0, 0.05) is 13.0 Å². The molecule has 0 saturated carbocycles. The van der Waals surface area contributed by atoms with Crippen LogP contribution >= 0.6 is 0 Å². The first kappa shape index (κ1) is 17.3. The molecule has 19 heavy (non-hydrogen) atoms. The summed E-state index contributed by atoms with van der Waals surface area (Å²) in [7, 11) is 0. The fourth-order valence-electron chi connectivity index (χ4n) is 1.71. The van der Waals surface area contributed by atoms with Gasteiger partial charge in [-0.1, -0.05) is 33.1 Å². The van der Waals surface area contributed by atoms with Crippen LogP contribution in [0.2, 0.25) is 0 Å². The van der Waals surface area contributed by atoms with Crippen LogP contribution in [-0.2, 0) is 4.79 Å². The van der Waals surface area contributed by atoms with Crippen LogP contribution in [-0.4, -0.2) is 29.7 Å². The average Bonchev–Trinajstić information content (AvgIpc) is 2.38. The molecule has 0 saturated heterocycles. The van der Waals surface area contributed by atoms with E-state index in [0.717, 1.165) is 25.7 Å². The third-order valence-electron chi connectivity index (χ3n) is 3.02. The maximum absolute atomic E-state index is 11.6. The maximum Gasteiger partial charge on any atom is 0.327 e. The number of aliphatic carboxylic acids is 1. The van der Waals surface area contributed by atoms with Gasteiger partial charge in [0.05, 0.1) is 0 Å². The van der Waals surface area contributed by atoms with Gasteiger partial charge in [0.1, 0.15) is 6.04 Å². The van der Waals surface area contributed by atoms with E-state index in [1.807, 2.05) is 0 Å². The molecule has 108 valence electrons. The van der Waals surface area contributed by atoms with E-state index in [4.69, 9.17) is 11.5 Å². The molecule has 2 unspecified atom stereocenters. The summed E-state index contributed by atoms with van der Waals surface area (Å²) in [6.07, 6.45) is 9.37. The minimum Gasteiger partial charge on any atom is -0.480 e. The number of nitrogens with one attached hydrogen (secondary N) is 2. The third-order valence-corrected chi connectivity index (χ3v) is 3.02. The molecule has 0 aromatic rings. The lowest BCUT2D eigenvalue weighted by Crippen LogP contribution is -2.46. The van der Waals surface area contributed by atoms with Gasteiger partial charge in [0.15, 0.2) is 0 Å². The number of carboxylic acids is 1. The van der Waals surface area contributed by atoms with Crippen LogP contribution in [0.4, 0.5) is 4.79 Å². The zero-order valence-corrected chi connectivity index (χ0v) is 11.7. The Morgan fingerprint density at radius 3 is 2.53 bits per heavy atom. The van der Waals surface area contributed by atoms with Gasteiger partial charge in [-0.3, -0.25) is 0 Å². The van der Waals surface area contributed by atoms with Crippen LogP contribution in [0.1, 0.15) is 46.0 Å². The van der Waals surface area contributed by atoms with Gasteiger partial charge in [-0.25, -0.2) is 9.59 Å². The fraction of sp³-hybridized carbons (Fsp3) is 0.714. The van der Waals surface area contributed by atoms with Gasteiger partial charge >= 0.3 is 12.0 Å². The normalized spacial score (nSPS) is 13.1. The van der Waals surface area contributed by atoms with Crippen molar-refractivity contribution in [2.75, 3.05) is 6.54 Å². The molecule has 0 aliphatic rings. The first-order chi connectivity index (χ1) is 9.04. The average molecular weight is 268 g/mol. The zero-order valence-electron chi connectivity index (χ0n) is 11.7. The van der Waals surface area contributed by atoms with Crippen LogP contribution in [0.25, 0.3) is 0 Å². The predicted octanol–water partition coefficient (Wildman–Crippen LogP) is 1.98. The highest BCUT2D eigenvalue weighted by atomic mass is 16.4. The van der Waals surface area contributed by atoms with Crippen molar-refractivity contribution in [3.05, 3.63) is 0 Å². The van der Waals surface area contributed by atoms with Gasteiger partial charge < -0.3 is 15.7 Å². The SMILES string of the molecule is C#CCC(NC(=O)NCC(CC)CCCC)C(=O)O. The van der Waals surface area contributed by atoms with Gasteiger partial charge in [0.2, 0.25) is 0 Å². The minimum atomic E-state index is -1.12. The smallest absolute Gasteiger partial charge is 0.327 e. The molecule has 0 radical (unpaired) electrons. The number of amides is 2. The van der Waals surface area contributed by atoms with Gasteiger partial charge in [-0.15, -0.1) is 12.3 Å². The van der Waals surface area contributed by atoms with Crippen molar-refractivity contribution < 1.29 is 14.7 Å². The molecule has 0 aromatic carbocycles. The number of rotatable bonds is 9. The first-order valence-electron chi connectivity index (χ1n) is 6.75. The molecule has 0 bridgehead atoms. The second kappa shape index (κ2) is 10.2. The number of hydrogen-bond donors (Lipinski definition) is 3. The van der Waals surface area contributed by atoms with Crippen molar-refractivity contribution in [1.29, 1.82) is 0 Å². The molecule has 0 aromatic heterocycles. The summed E-state index contributed by atoms with van der Waals surface area (Å²) in [4.78, 5) is 22.4. The van der Waals surface area contributed by atoms with E-state index < -0.39 is 18.0 Å². The Labute approximate surface area is 115 Å². The molecule has 5 heteroatoms. The fourth-order valence-corrected chi connectivity index (χ4v) is 1.71. The number of urea groups is 1. The van der Waals surface area contributed by atoms with Crippen molar-refractivity contribution in [3.8, 4) is 12.3 Å². The Morgan fingerprint density at radius 2 is 2.05 bits per heavy atom.